The molecule has 1 amide bonds. The summed E-state index contributed by atoms with van der Waals surface area (Å²) in [5.74, 6) is 1.61. The molecule has 0 saturated carbocycles. The van der Waals surface area contributed by atoms with Crippen molar-refractivity contribution in [2.24, 2.45) is 5.10 Å². The third-order valence-electron chi connectivity index (χ3n) is 4.49. The van der Waals surface area contributed by atoms with Gasteiger partial charge in [0, 0.05) is 0 Å². The first kappa shape index (κ1) is 24.7. The molecule has 168 valence electrons. The largest absolute Gasteiger partial charge is 0.493 e. The zero-order chi connectivity index (χ0) is 22.5. The minimum Gasteiger partial charge on any atom is -0.493 e. The summed E-state index contributed by atoms with van der Waals surface area (Å²) in [5.41, 5.74) is 4.48. The molecule has 0 aromatic heterocycles. The second-order valence-corrected chi connectivity index (χ2v) is 7.92. The van der Waals surface area contributed by atoms with Crippen molar-refractivity contribution >= 4 is 28.1 Å². The lowest BCUT2D eigenvalue weighted by Crippen LogP contribution is -2.24. The van der Waals surface area contributed by atoms with E-state index in [2.05, 4.69) is 40.3 Å². The van der Waals surface area contributed by atoms with E-state index in [0.29, 0.717) is 23.9 Å². The highest BCUT2D eigenvalue weighted by Gasteiger charge is 2.07. The Balaban J connectivity index is 1.83. The van der Waals surface area contributed by atoms with Crippen molar-refractivity contribution < 1.29 is 19.0 Å². The first-order chi connectivity index (χ1) is 15.1. The van der Waals surface area contributed by atoms with Crippen LogP contribution in [0.15, 0.2) is 46.0 Å². The number of amides is 1. The molecular weight excluding hydrogens is 460 g/mol. The number of benzene rings is 2. The van der Waals surface area contributed by atoms with Gasteiger partial charge >= 0.3 is 0 Å². The van der Waals surface area contributed by atoms with Crippen LogP contribution >= 0.6 is 15.9 Å². The number of nitrogens with zero attached hydrogens (tertiary/aromatic N) is 1. The third-order valence-corrected chi connectivity index (χ3v) is 5.11. The molecule has 0 radical (unpaired) electrons. The number of halogens is 1. The predicted molar refractivity (Wildman–Crippen MR) is 127 cm³/mol. The maximum absolute atomic E-state index is 12.0. The smallest absolute Gasteiger partial charge is 0.277 e. The van der Waals surface area contributed by atoms with Gasteiger partial charge in [0.15, 0.2) is 18.1 Å². The minimum atomic E-state index is -0.344. The fourth-order valence-corrected chi connectivity index (χ4v) is 3.42. The second kappa shape index (κ2) is 13.7. The number of carbonyl (C=O) groups excluding carboxylic acids is 1. The van der Waals surface area contributed by atoms with Crippen LogP contribution in [-0.2, 0) is 11.2 Å². The monoisotopic (exact) mass is 490 g/mol. The Labute approximate surface area is 193 Å². The third kappa shape index (κ3) is 8.61. The highest BCUT2D eigenvalue weighted by atomic mass is 79.9. The quantitative estimate of drug-likeness (QED) is 0.228. The van der Waals surface area contributed by atoms with E-state index in [0.717, 1.165) is 42.1 Å². The van der Waals surface area contributed by atoms with Crippen molar-refractivity contribution in [3.8, 4) is 17.2 Å². The Bertz CT molecular complexity index is 871. The summed E-state index contributed by atoms with van der Waals surface area (Å²) in [6.45, 7) is 4.82. The van der Waals surface area contributed by atoms with E-state index >= 15 is 0 Å². The number of nitrogens with one attached hydrogen (secondary N) is 1. The molecule has 0 heterocycles. The number of aryl methyl sites for hydroxylation is 1. The molecule has 0 aliphatic rings. The van der Waals surface area contributed by atoms with Gasteiger partial charge in [0.1, 0.15) is 5.75 Å². The maximum atomic E-state index is 12.0. The maximum Gasteiger partial charge on any atom is 0.277 e. The Kier molecular flexibility index (Phi) is 10.9. The molecule has 6 nitrogen and oxygen atoms in total. The van der Waals surface area contributed by atoms with Crippen LogP contribution in [0.5, 0.6) is 17.2 Å². The molecule has 0 atom stereocenters. The van der Waals surface area contributed by atoms with E-state index in [1.165, 1.54) is 5.56 Å². The lowest BCUT2D eigenvalue weighted by atomic mass is 10.1. The van der Waals surface area contributed by atoms with Gasteiger partial charge in [-0.2, -0.15) is 5.10 Å². The Morgan fingerprint density at radius 1 is 1.03 bits per heavy atom. The molecule has 0 bridgehead atoms. The van der Waals surface area contributed by atoms with Crippen LogP contribution in [-0.4, -0.2) is 32.4 Å². The molecule has 0 aliphatic carbocycles. The molecule has 2 aromatic carbocycles. The zero-order valence-corrected chi connectivity index (χ0v) is 20.0. The van der Waals surface area contributed by atoms with Crippen molar-refractivity contribution in [2.45, 2.75) is 46.0 Å². The summed E-state index contributed by atoms with van der Waals surface area (Å²) < 4.78 is 17.6. The molecule has 0 spiro atoms. The Morgan fingerprint density at radius 2 is 1.84 bits per heavy atom. The lowest BCUT2D eigenvalue weighted by Gasteiger charge is -2.11. The van der Waals surface area contributed by atoms with Crippen LogP contribution < -0.4 is 19.6 Å². The molecule has 0 fully saturated rings. The molecule has 0 saturated heterocycles. The molecular formula is C24H31BrN2O4. The van der Waals surface area contributed by atoms with Crippen LogP contribution in [0.4, 0.5) is 0 Å². The van der Waals surface area contributed by atoms with Crippen molar-refractivity contribution in [3.63, 3.8) is 0 Å². The highest BCUT2D eigenvalue weighted by molar-refractivity contribution is 9.10. The summed E-state index contributed by atoms with van der Waals surface area (Å²) in [7, 11) is 1.60. The molecule has 2 aromatic rings. The van der Waals surface area contributed by atoms with Gasteiger partial charge in [0.25, 0.3) is 5.91 Å². The zero-order valence-electron chi connectivity index (χ0n) is 18.4. The SMILES string of the molecule is CCCCCOc1ccc(/C=N/NC(=O)COc2ccc(CCC)cc2Br)cc1OC. The summed E-state index contributed by atoms with van der Waals surface area (Å²) in [5, 5.41) is 3.99. The van der Waals surface area contributed by atoms with Gasteiger partial charge in [-0.25, -0.2) is 5.43 Å². The van der Waals surface area contributed by atoms with E-state index in [9.17, 15) is 4.79 Å². The molecule has 2 rings (SSSR count). The van der Waals surface area contributed by atoms with Gasteiger partial charge in [-0.15, -0.1) is 0 Å². The molecule has 31 heavy (non-hydrogen) atoms. The summed E-state index contributed by atoms with van der Waals surface area (Å²) >= 11 is 3.48. The van der Waals surface area contributed by atoms with E-state index in [1.54, 1.807) is 13.3 Å². The average molecular weight is 491 g/mol. The first-order valence-electron chi connectivity index (χ1n) is 10.6. The number of hydrogen-bond acceptors (Lipinski definition) is 5. The number of unbranched alkanes of at least 4 members (excludes halogenated alkanes) is 2. The van der Waals surface area contributed by atoms with Crippen molar-refractivity contribution in [1.29, 1.82) is 0 Å². The second-order valence-electron chi connectivity index (χ2n) is 7.06. The standard InChI is InChI=1S/C24H31BrN2O4/c1-4-6-7-13-30-22-12-10-19(15-23(22)29-3)16-26-27-24(28)17-31-21-11-9-18(8-5-2)14-20(21)25/h9-12,14-16H,4-8,13,17H2,1-3H3,(H,27,28)/b26-16+. The highest BCUT2D eigenvalue weighted by Crippen LogP contribution is 2.28. The lowest BCUT2D eigenvalue weighted by molar-refractivity contribution is -0.123. The van der Waals surface area contributed by atoms with Crippen LogP contribution in [0, 0.1) is 0 Å². The normalized spacial score (nSPS) is 10.8. The van der Waals surface area contributed by atoms with Gasteiger partial charge in [-0.05, 0) is 70.2 Å². The van der Waals surface area contributed by atoms with Crippen molar-refractivity contribution in [3.05, 3.63) is 52.0 Å². The Morgan fingerprint density at radius 3 is 2.55 bits per heavy atom. The number of carbonyl (C=O) groups is 1. The first-order valence-corrected chi connectivity index (χ1v) is 11.4. The van der Waals surface area contributed by atoms with E-state index in [-0.39, 0.29) is 12.5 Å². The Hall–Kier alpha value is -2.54. The number of methoxy groups -OCH3 is 1. The van der Waals surface area contributed by atoms with Crippen LogP contribution in [0.25, 0.3) is 0 Å². The summed E-state index contributed by atoms with van der Waals surface area (Å²) in [4.78, 5) is 12.0. The van der Waals surface area contributed by atoms with Gasteiger partial charge in [0.05, 0.1) is 24.4 Å². The van der Waals surface area contributed by atoms with E-state index in [1.807, 2.05) is 36.4 Å². The summed E-state index contributed by atoms with van der Waals surface area (Å²) in [6, 6.07) is 11.4. The van der Waals surface area contributed by atoms with Gasteiger partial charge < -0.3 is 14.2 Å². The van der Waals surface area contributed by atoms with Crippen LogP contribution in [0.1, 0.15) is 50.7 Å². The number of rotatable bonds is 13. The van der Waals surface area contributed by atoms with Gasteiger partial charge in [-0.3, -0.25) is 4.79 Å². The molecule has 1 N–H and O–H groups in total. The van der Waals surface area contributed by atoms with Crippen LogP contribution in [0.3, 0.4) is 0 Å². The molecule has 0 aliphatic heterocycles. The topological polar surface area (TPSA) is 69.2 Å². The van der Waals surface area contributed by atoms with Crippen molar-refractivity contribution in [2.75, 3.05) is 20.3 Å². The fraction of sp³-hybridized carbons (Fsp3) is 0.417. The van der Waals surface area contributed by atoms with Gasteiger partial charge in [0.2, 0.25) is 0 Å². The van der Waals surface area contributed by atoms with E-state index < -0.39 is 0 Å². The molecule has 0 unspecified atom stereocenters. The number of hydrogen-bond donors (Lipinski definition) is 1. The predicted octanol–water partition coefficient (Wildman–Crippen LogP) is 5.51. The van der Waals surface area contributed by atoms with Gasteiger partial charge in [-0.1, -0.05) is 39.2 Å². The van der Waals surface area contributed by atoms with Crippen LogP contribution in [0.2, 0.25) is 0 Å². The summed E-state index contributed by atoms with van der Waals surface area (Å²) in [6.07, 6.45) is 6.93. The molecule has 7 heteroatoms. The number of hydrazone groups is 1. The van der Waals surface area contributed by atoms with Crippen molar-refractivity contribution in [1.82, 2.24) is 5.43 Å². The number of ether oxygens (including phenoxy) is 3. The fourth-order valence-electron chi connectivity index (χ4n) is 2.88. The van der Waals surface area contributed by atoms with E-state index in [4.69, 9.17) is 14.2 Å². The minimum absolute atomic E-state index is 0.128. The average Bonchev–Trinajstić information content (AvgIpc) is 2.77.